The zero-order chi connectivity index (χ0) is 23.1. The number of nitrogens with zero attached hydrogens (tertiary/aromatic N) is 1. The number of benzene rings is 2. The third kappa shape index (κ3) is 3.43. The maximum atomic E-state index is 13.6. The molecule has 0 aliphatic heterocycles. The van der Waals surface area contributed by atoms with Gasteiger partial charge < -0.3 is 10.2 Å². The molecule has 0 heterocycles. The van der Waals surface area contributed by atoms with E-state index in [1.165, 1.54) is 5.56 Å². The molecular weight excluding hydrogens is 424 g/mol. The maximum absolute atomic E-state index is 13.6. The summed E-state index contributed by atoms with van der Waals surface area (Å²) >= 11 is 5.89. The van der Waals surface area contributed by atoms with Crippen LogP contribution in [-0.4, -0.2) is 17.6 Å². The van der Waals surface area contributed by atoms with Crippen molar-refractivity contribution in [1.82, 2.24) is 0 Å². The minimum absolute atomic E-state index is 0.00435. The van der Waals surface area contributed by atoms with E-state index < -0.39 is 11.4 Å². The van der Waals surface area contributed by atoms with E-state index in [4.69, 9.17) is 16.4 Å². The average molecular weight is 453 g/mol. The summed E-state index contributed by atoms with van der Waals surface area (Å²) in [7, 11) is 0. The lowest BCUT2D eigenvalue weighted by molar-refractivity contribution is -0.130. The Labute approximate surface area is 194 Å². The number of carbonyl (C=O) groups excluding carboxylic acids is 2. The van der Waals surface area contributed by atoms with E-state index in [0.717, 1.165) is 30.7 Å². The molecule has 2 aliphatic carbocycles. The summed E-state index contributed by atoms with van der Waals surface area (Å²) in [5, 5.41) is 7.96. The third-order valence-corrected chi connectivity index (χ3v) is 8.36. The molecule has 0 radical (unpaired) electrons. The molecule has 0 spiro atoms. The molecule has 2 atom stereocenters. The summed E-state index contributed by atoms with van der Waals surface area (Å²) < 4.78 is 0. The van der Waals surface area contributed by atoms with E-state index >= 15 is 0 Å². The zero-order valence-electron chi connectivity index (χ0n) is 19.0. The normalized spacial score (nSPS) is 26.8. The van der Waals surface area contributed by atoms with Gasteiger partial charge in [-0.05, 0) is 66.6 Å². The minimum atomic E-state index is -0.601. The van der Waals surface area contributed by atoms with Gasteiger partial charge in [-0.1, -0.05) is 56.6 Å². The fourth-order valence-corrected chi connectivity index (χ4v) is 5.46. The highest BCUT2D eigenvalue weighted by atomic mass is 35.5. The van der Waals surface area contributed by atoms with Crippen LogP contribution in [0.3, 0.4) is 0 Å². The molecule has 2 bridgehead atoms. The smallest absolute Gasteiger partial charge is 0.326 e. The van der Waals surface area contributed by atoms with E-state index in [-0.39, 0.29) is 16.7 Å². The largest absolute Gasteiger partial charge is 0.365 e. The van der Waals surface area contributed by atoms with Gasteiger partial charge in [0.1, 0.15) is 0 Å². The van der Waals surface area contributed by atoms with Gasteiger partial charge in [-0.15, -0.1) is 0 Å². The number of aryl methyl sites for hydroxylation is 1. The van der Waals surface area contributed by atoms with Gasteiger partial charge in [0, 0.05) is 22.5 Å². The summed E-state index contributed by atoms with van der Waals surface area (Å²) in [5.41, 5.74) is 1.92. The van der Waals surface area contributed by atoms with Crippen LogP contribution in [0.5, 0.6) is 0 Å². The molecule has 2 fully saturated rings. The number of carbonyl (C=O) groups is 2. The van der Waals surface area contributed by atoms with Crippen molar-refractivity contribution in [2.75, 3.05) is 5.32 Å². The van der Waals surface area contributed by atoms with Gasteiger partial charge in [0.15, 0.2) is 0 Å². The van der Waals surface area contributed by atoms with E-state index in [0.29, 0.717) is 17.0 Å². The van der Waals surface area contributed by atoms with Crippen molar-refractivity contribution >= 4 is 34.9 Å². The van der Waals surface area contributed by atoms with Crippen LogP contribution in [0.2, 0.25) is 5.02 Å². The zero-order valence-corrected chi connectivity index (χ0v) is 19.8. The topological polar surface area (TPSA) is 67.8 Å². The Morgan fingerprint density at radius 1 is 1.03 bits per heavy atom. The summed E-state index contributed by atoms with van der Waals surface area (Å²) in [6, 6.07) is 14.5. The second-order valence-corrected chi connectivity index (χ2v) is 10.1. The fourth-order valence-electron chi connectivity index (χ4n) is 5.33. The van der Waals surface area contributed by atoms with Crippen LogP contribution in [0.1, 0.15) is 62.9 Å². The first-order valence-corrected chi connectivity index (χ1v) is 11.5. The number of anilines is 1. The van der Waals surface area contributed by atoms with Crippen LogP contribution >= 0.6 is 11.6 Å². The molecule has 6 heteroatoms. The van der Waals surface area contributed by atoms with E-state index in [2.05, 4.69) is 38.2 Å². The van der Waals surface area contributed by atoms with Gasteiger partial charge >= 0.3 is 5.97 Å². The number of oxime groups is 1. The number of hydrogen-bond acceptors (Lipinski definition) is 4. The van der Waals surface area contributed by atoms with Crippen LogP contribution < -0.4 is 5.32 Å². The summed E-state index contributed by atoms with van der Waals surface area (Å²) in [6.07, 6.45) is 3.03. The third-order valence-electron chi connectivity index (χ3n) is 8.11. The Morgan fingerprint density at radius 3 is 2.31 bits per heavy atom. The number of rotatable bonds is 5. The first-order chi connectivity index (χ1) is 15.1. The second kappa shape index (κ2) is 8.04. The monoisotopic (exact) mass is 452 g/mol. The molecule has 0 aromatic heterocycles. The molecule has 32 heavy (non-hydrogen) atoms. The maximum Gasteiger partial charge on any atom is 0.365 e. The summed E-state index contributed by atoms with van der Waals surface area (Å²) in [5.74, 6) is -0.530. The van der Waals surface area contributed by atoms with Crippen molar-refractivity contribution in [3.05, 3.63) is 64.7 Å². The molecule has 2 unspecified atom stereocenters. The fraction of sp³-hybridized carbons (Fsp3) is 0.423. The van der Waals surface area contributed by atoms with Gasteiger partial charge in [-0.2, -0.15) is 0 Å². The van der Waals surface area contributed by atoms with Crippen molar-refractivity contribution in [1.29, 1.82) is 0 Å². The first kappa shape index (κ1) is 22.5. The Kier molecular flexibility index (Phi) is 5.66. The Morgan fingerprint density at radius 2 is 1.69 bits per heavy atom. The highest BCUT2D eigenvalue weighted by Gasteiger charge is 2.71. The van der Waals surface area contributed by atoms with Crippen LogP contribution in [0.15, 0.2) is 53.7 Å². The molecule has 2 aromatic carbocycles. The number of fused-ring (bicyclic) bond motifs is 2. The van der Waals surface area contributed by atoms with Crippen molar-refractivity contribution in [3.8, 4) is 0 Å². The SMILES string of the molecule is CCc1ccc(NC(=O)C23CCC(C)(/C(=N\OC(=O)c4ccc(Cl)cc4)C2)C3(C)C)cc1. The lowest BCUT2D eigenvalue weighted by atomic mass is 9.64. The minimum Gasteiger partial charge on any atom is -0.326 e. The number of hydrogen-bond donors (Lipinski definition) is 1. The van der Waals surface area contributed by atoms with Gasteiger partial charge in [0.05, 0.1) is 16.7 Å². The van der Waals surface area contributed by atoms with Gasteiger partial charge in [-0.3, -0.25) is 4.79 Å². The quantitative estimate of drug-likeness (QED) is 0.429. The molecule has 168 valence electrons. The van der Waals surface area contributed by atoms with Gasteiger partial charge in [0.2, 0.25) is 5.91 Å². The van der Waals surface area contributed by atoms with Crippen LogP contribution in [0.25, 0.3) is 0 Å². The Bertz CT molecular complexity index is 1080. The second-order valence-electron chi connectivity index (χ2n) is 9.64. The molecule has 5 nitrogen and oxygen atoms in total. The van der Waals surface area contributed by atoms with E-state index in [9.17, 15) is 9.59 Å². The number of nitrogens with one attached hydrogen (secondary N) is 1. The molecule has 2 saturated carbocycles. The predicted octanol–water partition coefficient (Wildman–Crippen LogP) is 6.27. The van der Waals surface area contributed by atoms with Crippen molar-refractivity contribution in [2.24, 2.45) is 21.4 Å². The molecule has 1 N–H and O–H groups in total. The van der Waals surface area contributed by atoms with Crippen molar-refractivity contribution in [3.63, 3.8) is 0 Å². The highest BCUT2D eigenvalue weighted by molar-refractivity contribution is 6.30. The van der Waals surface area contributed by atoms with E-state index in [1.54, 1.807) is 24.3 Å². The lowest BCUT2D eigenvalue weighted by Crippen LogP contribution is -2.43. The highest BCUT2D eigenvalue weighted by Crippen LogP contribution is 2.71. The Hall–Kier alpha value is -2.66. The summed E-state index contributed by atoms with van der Waals surface area (Å²) in [6.45, 7) is 8.49. The van der Waals surface area contributed by atoms with Gasteiger partial charge in [0.25, 0.3) is 0 Å². The molecular formula is C26H29ClN2O3. The van der Waals surface area contributed by atoms with E-state index in [1.807, 2.05) is 24.3 Å². The van der Waals surface area contributed by atoms with Gasteiger partial charge in [-0.25, -0.2) is 4.79 Å². The van der Waals surface area contributed by atoms with Crippen molar-refractivity contribution in [2.45, 2.75) is 53.4 Å². The Balaban J connectivity index is 1.56. The average Bonchev–Trinajstić information content (AvgIpc) is 3.09. The number of halogens is 1. The van der Waals surface area contributed by atoms with Crippen LogP contribution in [-0.2, 0) is 16.1 Å². The molecule has 0 saturated heterocycles. The van der Waals surface area contributed by atoms with Crippen LogP contribution in [0, 0.1) is 16.2 Å². The molecule has 2 aromatic rings. The predicted molar refractivity (Wildman–Crippen MR) is 127 cm³/mol. The summed E-state index contributed by atoms with van der Waals surface area (Å²) in [4.78, 5) is 31.3. The lowest BCUT2D eigenvalue weighted by Gasteiger charge is -2.39. The standard InChI is InChI=1S/C26H29ClN2O3/c1-5-17-6-12-20(13-7-17)28-23(31)26-15-14-25(4,24(26,2)3)21(16-26)29-32-22(30)18-8-10-19(27)11-9-18/h6-13H,5,14-16H2,1-4H3,(H,28,31)/b29-21-. The van der Waals surface area contributed by atoms with Crippen molar-refractivity contribution < 1.29 is 14.4 Å². The first-order valence-electron chi connectivity index (χ1n) is 11.1. The van der Waals surface area contributed by atoms with Crippen LogP contribution in [0.4, 0.5) is 5.69 Å². The molecule has 4 rings (SSSR count). The number of amides is 1. The molecule has 1 amide bonds. The molecule has 2 aliphatic rings.